The predicted octanol–water partition coefficient (Wildman–Crippen LogP) is 5.78. The highest BCUT2D eigenvalue weighted by molar-refractivity contribution is 7.80. The molecule has 3 aromatic carbocycles. The van der Waals surface area contributed by atoms with E-state index in [1.807, 2.05) is 6.07 Å². The number of methoxy groups -OCH3 is 2. The number of nitrogens with one attached hydrogen (secondary N) is 3. The summed E-state index contributed by atoms with van der Waals surface area (Å²) < 4.78 is 15.7. The van der Waals surface area contributed by atoms with Crippen molar-refractivity contribution in [3.8, 4) is 17.2 Å². The van der Waals surface area contributed by atoms with Crippen molar-refractivity contribution in [2.24, 2.45) is 0 Å². The Bertz CT molecular complexity index is 1060. The van der Waals surface area contributed by atoms with Crippen molar-refractivity contribution >= 4 is 52.1 Å². The first-order valence-electron chi connectivity index (χ1n) is 9.12. The molecule has 0 atom stereocenters. The molecule has 0 heterocycles. The number of carbonyl (C=O) groups is 1. The van der Waals surface area contributed by atoms with Crippen LogP contribution in [-0.2, 0) is 0 Å². The van der Waals surface area contributed by atoms with Crippen molar-refractivity contribution in [3.05, 3.63) is 71.8 Å². The van der Waals surface area contributed by atoms with E-state index in [4.69, 9.17) is 38.0 Å². The first-order valence-corrected chi connectivity index (χ1v) is 9.90. The molecule has 0 aliphatic rings. The van der Waals surface area contributed by atoms with Crippen LogP contribution in [0.3, 0.4) is 0 Å². The fraction of sp³-hybridized carbons (Fsp3) is 0.0909. The van der Waals surface area contributed by atoms with Gasteiger partial charge in [-0.1, -0.05) is 29.8 Å². The summed E-state index contributed by atoms with van der Waals surface area (Å²) in [6.07, 6.45) is -0.576. The minimum atomic E-state index is -0.576. The number of thiocarbonyl (C=S) groups is 1. The maximum atomic E-state index is 12.0. The Kier molecular flexibility index (Phi) is 7.53. The lowest BCUT2D eigenvalue weighted by atomic mass is 10.2. The van der Waals surface area contributed by atoms with Crippen molar-refractivity contribution in [1.29, 1.82) is 0 Å². The molecule has 0 bridgehead atoms. The van der Waals surface area contributed by atoms with Crippen LogP contribution < -0.4 is 30.2 Å². The number of anilines is 3. The number of amides is 1. The van der Waals surface area contributed by atoms with E-state index in [2.05, 4.69) is 16.0 Å². The molecule has 3 rings (SSSR count). The molecule has 0 unspecified atom stereocenters. The molecular formula is C22H20ClN3O4S. The van der Waals surface area contributed by atoms with Crippen molar-refractivity contribution in [1.82, 2.24) is 0 Å². The summed E-state index contributed by atoms with van der Waals surface area (Å²) in [5, 5.41) is 9.52. The number of hydrogen-bond donors (Lipinski definition) is 3. The Morgan fingerprint density at radius 2 is 1.45 bits per heavy atom. The van der Waals surface area contributed by atoms with Crippen molar-refractivity contribution < 1.29 is 19.0 Å². The lowest BCUT2D eigenvalue weighted by molar-refractivity contribution is 0.215. The summed E-state index contributed by atoms with van der Waals surface area (Å²) in [6.45, 7) is 0. The van der Waals surface area contributed by atoms with E-state index in [0.717, 1.165) is 5.69 Å². The molecule has 1 amide bonds. The molecule has 9 heteroatoms. The SMILES string of the molecule is COc1cc(OC)c(NC(=S)Nc2ccc(NC(=O)Oc3ccccc3)cc2)cc1Cl. The number of carbonyl (C=O) groups excluding carboxylic acids is 1. The molecular weight excluding hydrogens is 438 g/mol. The number of hydrogen-bond acceptors (Lipinski definition) is 5. The zero-order valence-corrected chi connectivity index (χ0v) is 18.3. The van der Waals surface area contributed by atoms with Crippen LogP contribution in [0.4, 0.5) is 21.9 Å². The molecule has 7 nitrogen and oxygen atoms in total. The largest absolute Gasteiger partial charge is 0.495 e. The molecule has 31 heavy (non-hydrogen) atoms. The van der Waals surface area contributed by atoms with Gasteiger partial charge >= 0.3 is 6.09 Å². The summed E-state index contributed by atoms with van der Waals surface area (Å²) in [4.78, 5) is 12.0. The number of para-hydroxylation sites is 1. The zero-order valence-electron chi connectivity index (χ0n) is 16.8. The van der Waals surface area contributed by atoms with E-state index >= 15 is 0 Å². The van der Waals surface area contributed by atoms with E-state index in [0.29, 0.717) is 38.8 Å². The van der Waals surface area contributed by atoms with E-state index < -0.39 is 6.09 Å². The Morgan fingerprint density at radius 3 is 2.06 bits per heavy atom. The number of benzene rings is 3. The Morgan fingerprint density at radius 1 is 0.839 bits per heavy atom. The van der Waals surface area contributed by atoms with Crippen LogP contribution in [-0.4, -0.2) is 25.4 Å². The first-order chi connectivity index (χ1) is 15.0. The number of halogens is 1. The van der Waals surface area contributed by atoms with Crippen LogP contribution >= 0.6 is 23.8 Å². The predicted molar refractivity (Wildman–Crippen MR) is 127 cm³/mol. The van der Waals surface area contributed by atoms with Crippen LogP contribution in [0.25, 0.3) is 0 Å². The minimum absolute atomic E-state index is 0.337. The Balaban J connectivity index is 1.58. The van der Waals surface area contributed by atoms with Gasteiger partial charge in [-0.3, -0.25) is 5.32 Å². The molecule has 0 aliphatic heterocycles. The van der Waals surface area contributed by atoms with E-state index in [1.54, 1.807) is 67.8 Å². The van der Waals surface area contributed by atoms with E-state index in [9.17, 15) is 4.79 Å². The van der Waals surface area contributed by atoms with E-state index in [-0.39, 0.29) is 0 Å². The fourth-order valence-corrected chi connectivity index (χ4v) is 3.09. The number of rotatable bonds is 6. The second kappa shape index (κ2) is 10.5. The van der Waals surface area contributed by atoms with Gasteiger partial charge in [0.2, 0.25) is 0 Å². The Hall–Kier alpha value is -3.49. The van der Waals surface area contributed by atoms with Gasteiger partial charge in [0, 0.05) is 17.4 Å². The third-order valence-electron chi connectivity index (χ3n) is 4.07. The van der Waals surface area contributed by atoms with Gasteiger partial charge in [-0.25, -0.2) is 4.79 Å². The van der Waals surface area contributed by atoms with Gasteiger partial charge in [0.25, 0.3) is 0 Å². The van der Waals surface area contributed by atoms with Gasteiger partial charge in [-0.05, 0) is 54.7 Å². The summed E-state index contributed by atoms with van der Waals surface area (Å²) >= 11 is 11.5. The molecule has 3 N–H and O–H groups in total. The quantitative estimate of drug-likeness (QED) is 0.405. The molecule has 0 aromatic heterocycles. The lowest BCUT2D eigenvalue weighted by Gasteiger charge is -2.15. The van der Waals surface area contributed by atoms with Crippen LogP contribution in [0.2, 0.25) is 5.02 Å². The monoisotopic (exact) mass is 457 g/mol. The summed E-state index contributed by atoms with van der Waals surface area (Å²) in [5.74, 6) is 1.49. The van der Waals surface area contributed by atoms with Crippen LogP contribution in [0.5, 0.6) is 17.2 Å². The third kappa shape index (κ3) is 6.24. The second-order valence-corrected chi connectivity index (χ2v) is 6.99. The lowest BCUT2D eigenvalue weighted by Crippen LogP contribution is -2.20. The highest BCUT2D eigenvalue weighted by Gasteiger charge is 2.11. The summed E-state index contributed by atoms with van der Waals surface area (Å²) in [7, 11) is 3.07. The second-order valence-electron chi connectivity index (χ2n) is 6.17. The van der Waals surface area contributed by atoms with Gasteiger partial charge in [0.05, 0.1) is 24.9 Å². The molecule has 0 radical (unpaired) electrons. The molecule has 0 aliphatic carbocycles. The van der Waals surface area contributed by atoms with Crippen LogP contribution in [0.1, 0.15) is 0 Å². The highest BCUT2D eigenvalue weighted by Crippen LogP contribution is 2.36. The average Bonchev–Trinajstić information content (AvgIpc) is 2.76. The molecule has 0 saturated heterocycles. The van der Waals surface area contributed by atoms with E-state index in [1.165, 1.54) is 7.11 Å². The van der Waals surface area contributed by atoms with Crippen molar-refractivity contribution in [2.75, 3.05) is 30.2 Å². The summed E-state index contributed by atoms with van der Waals surface area (Å²) in [5.41, 5.74) is 1.89. The molecule has 0 fully saturated rings. The van der Waals surface area contributed by atoms with Crippen molar-refractivity contribution in [3.63, 3.8) is 0 Å². The van der Waals surface area contributed by atoms with Crippen molar-refractivity contribution in [2.45, 2.75) is 0 Å². The Labute approximate surface area is 190 Å². The highest BCUT2D eigenvalue weighted by atomic mass is 35.5. The summed E-state index contributed by atoms with van der Waals surface area (Å²) in [6, 6.07) is 19.1. The fourth-order valence-electron chi connectivity index (χ4n) is 2.62. The van der Waals surface area contributed by atoms with Crippen LogP contribution in [0.15, 0.2) is 66.7 Å². The average molecular weight is 458 g/mol. The van der Waals surface area contributed by atoms with Gasteiger partial charge in [-0.15, -0.1) is 0 Å². The smallest absolute Gasteiger partial charge is 0.417 e. The zero-order chi connectivity index (χ0) is 22.2. The molecule has 0 spiro atoms. The third-order valence-corrected chi connectivity index (χ3v) is 4.56. The maximum absolute atomic E-state index is 12.0. The molecule has 0 saturated carbocycles. The topological polar surface area (TPSA) is 80.9 Å². The molecule has 3 aromatic rings. The van der Waals surface area contributed by atoms with Gasteiger partial charge in [-0.2, -0.15) is 0 Å². The number of ether oxygens (including phenoxy) is 3. The standard InChI is InChI=1S/C22H20ClN3O4S/c1-28-19-13-20(29-2)18(12-17(19)23)26-21(31)24-14-8-10-15(11-9-14)25-22(27)30-16-6-4-3-5-7-16/h3-13H,1-2H3,(H,25,27)(H2,24,26,31). The normalized spacial score (nSPS) is 10.0. The van der Waals surface area contributed by atoms with Gasteiger partial charge in [0.15, 0.2) is 5.11 Å². The van der Waals surface area contributed by atoms with Gasteiger partial charge in [0.1, 0.15) is 17.2 Å². The van der Waals surface area contributed by atoms with Gasteiger partial charge < -0.3 is 24.8 Å². The first kappa shape index (κ1) is 22.2. The van der Waals surface area contributed by atoms with Crippen LogP contribution in [0, 0.1) is 0 Å². The maximum Gasteiger partial charge on any atom is 0.417 e. The molecule has 160 valence electrons. The minimum Gasteiger partial charge on any atom is -0.495 e.